The van der Waals surface area contributed by atoms with Crippen LogP contribution in [0.3, 0.4) is 0 Å². The van der Waals surface area contributed by atoms with Crippen molar-refractivity contribution < 1.29 is 19.1 Å². The van der Waals surface area contributed by atoms with E-state index in [9.17, 15) is 9.59 Å². The summed E-state index contributed by atoms with van der Waals surface area (Å²) in [5.74, 6) is 0.0827. The summed E-state index contributed by atoms with van der Waals surface area (Å²) in [7, 11) is 3.08. The number of amides is 2. The van der Waals surface area contributed by atoms with Gasteiger partial charge in [-0.1, -0.05) is 37.6 Å². The highest BCUT2D eigenvalue weighted by molar-refractivity contribution is 9.10. The minimum atomic E-state index is -0.796. The van der Waals surface area contributed by atoms with E-state index in [1.165, 1.54) is 13.3 Å². The monoisotopic (exact) mass is 495 g/mol. The van der Waals surface area contributed by atoms with E-state index in [-0.39, 0.29) is 5.92 Å². The largest absolute Gasteiger partial charge is 0.496 e. The molecule has 1 atom stereocenters. The average Bonchev–Trinajstić information content (AvgIpc) is 2.72. The minimum absolute atomic E-state index is 0.170. The number of rotatable bonds is 8. The van der Waals surface area contributed by atoms with E-state index >= 15 is 0 Å². The zero-order valence-corrected chi connectivity index (χ0v) is 19.4. The molecule has 0 bridgehead atoms. The topological polar surface area (TPSA) is 89.0 Å². The number of hydrazone groups is 1. The van der Waals surface area contributed by atoms with Gasteiger partial charge in [0.25, 0.3) is 11.8 Å². The van der Waals surface area contributed by atoms with E-state index in [4.69, 9.17) is 21.1 Å². The van der Waals surface area contributed by atoms with E-state index in [1.807, 2.05) is 13.8 Å². The van der Waals surface area contributed by atoms with Crippen LogP contribution in [0, 0.1) is 5.92 Å². The molecule has 0 aliphatic heterocycles. The molecule has 9 heteroatoms. The fourth-order valence-electron chi connectivity index (χ4n) is 2.62. The van der Waals surface area contributed by atoms with Crippen LogP contribution in [0.2, 0.25) is 5.02 Å². The van der Waals surface area contributed by atoms with Crippen LogP contribution in [-0.4, -0.2) is 38.3 Å². The zero-order valence-electron chi connectivity index (χ0n) is 17.0. The fraction of sp³-hybridized carbons (Fsp3) is 0.286. The molecular weight excluding hydrogens is 474 g/mol. The Labute approximate surface area is 188 Å². The van der Waals surface area contributed by atoms with Crippen molar-refractivity contribution in [2.75, 3.05) is 14.2 Å². The van der Waals surface area contributed by atoms with Gasteiger partial charge in [-0.05, 0) is 40.0 Å². The minimum Gasteiger partial charge on any atom is -0.496 e. The van der Waals surface area contributed by atoms with Crippen molar-refractivity contribution in [1.82, 2.24) is 10.7 Å². The highest BCUT2D eigenvalue weighted by atomic mass is 79.9. The number of ether oxygens (including phenoxy) is 2. The van der Waals surface area contributed by atoms with Gasteiger partial charge in [0.05, 0.1) is 35.5 Å². The molecule has 2 amide bonds. The first-order chi connectivity index (χ1) is 14.3. The summed E-state index contributed by atoms with van der Waals surface area (Å²) in [5.41, 5.74) is 3.40. The lowest BCUT2D eigenvalue weighted by atomic mass is 10.0. The van der Waals surface area contributed by atoms with Crippen LogP contribution < -0.4 is 20.2 Å². The van der Waals surface area contributed by atoms with Crippen LogP contribution in [-0.2, 0) is 4.79 Å². The smallest absolute Gasteiger partial charge is 0.262 e. The molecule has 7 nitrogen and oxygen atoms in total. The summed E-state index contributed by atoms with van der Waals surface area (Å²) in [6, 6.07) is 9.31. The number of carbonyl (C=O) groups excluding carboxylic acids is 2. The van der Waals surface area contributed by atoms with Crippen LogP contribution in [0.15, 0.2) is 46.0 Å². The second kappa shape index (κ2) is 11.0. The summed E-state index contributed by atoms with van der Waals surface area (Å²) in [4.78, 5) is 25.1. The third-order valence-electron chi connectivity index (χ3n) is 4.24. The van der Waals surface area contributed by atoms with Crippen molar-refractivity contribution in [2.24, 2.45) is 11.0 Å². The number of nitrogens with zero attached hydrogens (tertiary/aromatic N) is 1. The maximum Gasteiger partial charge on any atom is 0.262 e. The van der Waals surface area contributed by atoms with Crippen LogP contribution in [0.5, 0.6) is 11.5 Å². The quantitative estimate of drug-likeness (QED) is 0.427. The zero-order chi connectivity index (χ0) is 22.3. The Morgan fingerprint density at radius 1 is 1.13 bits per heavy atom. The first kappa shape index (κ1) is 23.7. The SMILES string of the molecule is COc1cc(OC)c(C=NNC(=O)C(NC(=O)c2ccccc2Cl)C(C)C)cc1Br. The van der Waals surface area contributed by atoms with Gasteiger partial charge in [0.15, 0.2) is 0 Å². The highest BCUT2D eigenvalue weighted by Gasteiger charge is 2.25. The Morgan fingerprint density at radius 3 is 2.40 bits per heavy atom. The maximum absolute atomic E-state index is 12.6. The molecule has 0 aliphatic rings. The van der Waals surface area contributed by atoms with Gasteiger partial charge < -0.3 is 14.8 Å². The Morgan fingerprint density at radius 2 is 1.80 bits per heavy atom. The van der Waals surface area contributed by atoms with Crippen molar-refractivity contribution in [2.45, 2.75) is 19.9 Å². The molecule has 0 radical (unpaired) electrons. The Hall–Kier alpha value is -2.58. The first-order valence-corrected chi connectivity index (χ1v) is 10.2. The number of methoxy groups -OCH3 is 2. The number of hydrogen-bond acceptors (Lipinski definition) is 5. The maximum atomic E-state index is 12.6. The van der Waals surface area contributed by atoms with Gasteiger partial charge in [0, 0.05) is 11.6 Å². The molecule has 0 spiro atoms. The molecule has 0 aromatic heterocycles. The lowest BCUT2D eigenvalue weighted by molar-refractivity contribution is -0.123. The van der Waals surface area contributed by atoms with Gasteiger partial charge in [0.2, 0.25) is 0 Å². The van der Waals surface area contributed by atoms with Crippen LogP contribution in [0.1, 0.15) is 29.8 Å². The molecule has 2 rings (SSSR count). The van der Waals surface area contributed by atoms with E-state index in [1.54, 1.807) is 43.5 Å². The Kier molecular flexibility index (Phi) is 8.68. The molecule has 30 heavy (non-hydrogen) atoms. The normalized spacial score (nSPS) is 12.0. The molecule has 160 valence electrons. The number of hydrogen-bond donors (Lipinski definition) is 2. The summed E-state index contributed by atoms with van der Waals surface area (Å²) in [6.45, 7) is 3.65. The molecule has 0 heterocycles. The van der Waals surface area contributed by atoms with Crippen molar-refractivity contribution in [1.29, 1.82) is 0 Å². The fourth-order valence-corrected chi connectivity index (χ4v) is 3.36. The van der Waals surface area contributed by atoms with Crippen molar-refractivity contribution >= 4 is 45.6 Å². The van der Waals surface area contributed by atoms with Crippen LogP contribution >= 0.6 is 27.5 Å². The van der Waals surface area contributed by atoms with Gasteiger partial charge in [-0.15, -0.1) is 0 Å². The van der Waals surface area contributed by atoms with Gasteiger partial charge in [-0.25, -0.2) is 5.43 Å². The van der Waals surface area contributed by atoms with Crippen LogP contribution in [0.25, 0.3) is 0 Å². The molecule has 0 aliphatic carbocycles. The number of carbonyl (C=O) groups is 2. The third kappa shape index (κ3) is 5.96. The number of halogens is 2. The molecule has 1 unspecified atom stereocenters. The number of nitrogens with one attached hydrogen (secondary N) is 2. The van der Waals surface area contributed by atoms with E-state index in [2.05, 4.69) is 31.8 Å². The van der Waals surface area contributed by atoms with Gasteiger partial charge in [-0.2, -0.15) is 5.10 Å². The highest BCUT2D eigenvalue weighted by Crippen LogP contribution is 2.31. The second-order valence-electron chi connectivity index (χ2n) is 6.64. The second-order valence-corrected chi connectivity index (χ2v) is 7.90. The molecular formula is C21H23BrClN3O4. The molecule has 0 saturated carbocycles. The van der Waals surface area contributed by atoms with Crippen molar-refractivity contribution in [3.8, 4) is 11.5 Å². The van der Waals surface area contributed by atoms with E-state index in [0.717, 1.165) is 0 Å². The molecule has 0 fully saturated rings. The molecule has 0 saturated heterocycles. The summed E-state index contributed by atoms with van der Waals surface area (Å²) in [6.07, 6.45) is 1.45. The molecule has 2 aromatic carbocycles. The molecule has 2 N–H and O–H groups in total. The predicted molar refractivity (Wildman–Crippen MR) is 121 cm³/mol. The predicted octanol–water partition coefficient (Wildman–Crippen LogP) is 4.02. The molecule has 2 aromatic rings. The summed E-state index contributed by atoms with van der Waals surface area (Å²) >= 11 is 9.47. The van der Waals surface area contributed by atoms with Crippen molar-refractivity contribution in [3.05, 3.63) is 57.0 Å². The van der Waals surface area contributed by atoms with Gasteiger partial charge in [-0.3, -0.25) is 9.59 Å². The van der Waals surface area contributed by atoms with E-state index in [0.29, 0.717) is 32.1 Å². The Balaban J connectivity index is 2.11. The lowest BCUT2D eigenvalue weighted by Gasteiger charge is -2.20. The lowest BCUT2D eigenvalue weighted by Crippen LogP contribution is -2.48. The van der Waals surface area contributed by atoms with Crippen molar-refractivity contribution in [3.63, 3.8) is 0 Å². The third-order valence-corrected chi connectivity index (χ3v) is 5.19. The average molecular weight is 497 g/mol. The van der Waals surface area contributed by atoms with Gasteiger partial charge in [0.1, 0.15) is 17.5 Å². The van der Waals surface area contributed by atoms with Gasteiger partial charge >= 0.3 is 0 Å². The summed E-state index contributed by atoms with van der Waals surface area (Å²) in [5, 5.41) is 7.03. The number of benzene rings is 2. The Bertz CT molecular complexity index is 950. The van der Waals surface area contributed by atoms with Crippen LogP contribution in [0.4, 0.5) is 0 Å². The van der Waals surface area contributed by atoms with E-state index < -0.39 is 17.9 Å². The first-order valence-electron chi connectivity index (χ1n) is 9.08. The standard InChI is InChI=1S/C21H23BrClN3O4/c1-12(2)19(25-20(27)14-7-5-6-8-16(14)23)21(28)26-24-11-13-9-15(22)18(30-4)10-17(13)29-3/h5-12,19H,1-4H3,(H,25,27)(H,26,28). The summed E-state index contributed by atoms with van der Waals surface area (Å²) < 4.78 is 11.3.